The molecule has 0 atom stereocenters. The van der Waals surface area contributed by atoms with Crippen LogP contribution in [0.15, 0.2) is 0 Å². The van der Waals surface area contributed by atoms with Gasteiger partial charge in [-0.1, -0.05) is 0 Å². The molecule has 0 aromatic heterocycles. The molecule has 6 heteroatoms. The number of piperidine rings is 1. The number of ether oxygens (including phenoxy) is 1. The third-order valence-electron chi connectivity index (χ3n) is 3.20. The number of carbonyl (C=O) groups is 1. The summed E-state index contributed by atoms with van der Waals surface area (Å²) in [5, 5.41) is 9.41. The second-order valence-electron chi connectivity index (χ2n) is 5.94. The van der Waals surface area contributed by atoms with Crippen molar-refractivity contribution >= 4 is 6.09 Å². The molecular weight excluding hydrogens is 236 g/mol. The van der Waals surface area contributed by atoms with Gasteiger partial charge in [0.1, 0.15) is 5.60 Å². The van der Waals surface area contributed by atoms with Crippen molar-refractivity contribution in [1.82, 2.24) is 4.90 Å². The Morgan fingerprint density at radius 1 is 1.39 bits per heavy atom. The number of nitrogens with two attached hydrogens (primary N) is 1. The fraction of sp³-hybridized carbons (Fsp3) is 0.917. The number of amides is 1. The van der Waals surface area contributed by atoms with Crippen LogP contribution in [0.5, 0.6) is 0 Å². The molecule has 1 saturated heterocycles. The Morgan fingerprint density at radius 3 is 2.33 bits per heavy atom. The Kier molecular flexibility index (Phi) is 4.95. The summed E-state index contributed by atoms with van der Waals surface area (Å²) < 4.78 is 5.31. The molecule has 0 aromatic carbocycles. The number of carbonyl (C=O) groups excluding carboxylic acids is 1. The zero-order valence-electron chi connectivity index (χ0n) is 11.4. The molecule has 106 valence electrons. The van der Waals surface area contributed by atoms with Gasteiger partial charge in [-0.3, -0.25) is 0 Å². The van der Waals surface area contributed by atoms with Crippen LogP contribution >= 0.6 is 0 Å². The van der Waals surface area contributed by atoms with Crippen LogP contribution in [0.1, 0.15) is 33.6 Å². The Morgan fingerprint density at radius 2 is 1.94 bits per heavy atom. The number of likely N-dealkylation sites (tertiary alicyclic amines) is 1. The molecule has 3 N–H and O–H groups in total. The Bertz CT molecular complexity index is 280. The van der Waals surface area contributed by atoms with E-state index in [-0.39, 0.29) is 18.1 Å². The maximum absolute atomic E-state index is 11.9. The smallest absolute Gasteiger partial charge is 0.410 e. The fourth-order valence-electron chi connectivity index (χ4n) is 2.01. The van der Waals surface area contributed by atoms with E-state index in [4.69, 9.17) is 10.6 Å². The topological polar surface area (TPSA) is 85.0 Å². The highest BCUT2D eigenvalue weighted by Gasteiger charge is 2.36. The average molecular weight is 260 g/mol. The number of nitrogens with zero attached hydrogens (tertiary/aromatic N) is 1. The predicted octanol–water partition coefficient (Wildman–Crippen LogP) is 0.886. The lowest BCUT2D eigenvalue weighted by atomic mass is 9.80. The number of aliphatic hydroxyl groups is 1. The van der Waals surface area contributed by atoms with E-state index in [1.54, 1.807) is 4.90 Å². The van der Waals surface area contributed by atoms with E-state index in [0.717, 1.165) is 0 Å². The minimum Gasteiger partial charge on any atom is -0.444 e. The summed E-state index contributed by atoms with van der Waals surface area (Å²) in [7, 11) is 0. The van der Waals surface area contributed by atoms with Crippen LogP contribution in [-0.4, -0.2) is 48.0 Å². The molecule has 1 amide bonds. The van der Waals surface area contributed by atoms with Crippen molar-refractivity contribution in [2.24, 2.45) is 11.3 Å². The van der Waals surface area contributed by atoms with Crippen molar-refractivity contribution in [2.45, 2.75) is 39.2 Å². The van der Waals surface area contributed by atoms with Crippen molar-refractivity contribution in [3.63, 3.8) is 0 Å². The summed E-state index contributed by atoms with van der Waals surface area (Å²) >= 11 is 0. The number of hydrogen-bond acceptors (Lipinski definition) is 5. The Balaban J connectivity index is 2.50. The standard InChI is InChI=1S/C12H24N2O4/c1-11(2,3)18-10(16)14-6-4-12(8-15,5-7-14)9-17-13/h15H,4-9,13H2,1-3H3. The molecule has 0 spiro atoms. The summed E-state index contributed by atoms with van der Waals surface area (Å²) in [6.45, 7) is 6.97. The molecule has 0 saturated carbocycles. The summed E-state index contributed by atoms with van der Waals surface area (Å²) in [5.41, 5.74) is -0.809. The van der Waals surface area contributed by atoms with Gasteiger partial charge in [0, 0.05) is 18.5 Å². The van der Waals surface area contributed by atoms with Gasteiger partial charge in [-0.2, -0.15) is 0 Å². The van der Waals surface area contributed by atoms with Gasteiger partial charge in [-0.15, -0.1) is 0 Å². The molecule has 1 aliphatic heterocycles. The quantitative estimate of drug-likeness (QED) is 0.736. The molecule has 1 fully saturated rings. The van der Waals surface area contributed by atoms with E-state index in [9.17, 15) is 9.90 Å². The van der Waals surface area contributed by atoms with E-state index in [1.807, 2.05) is 20.8 Å². The van der Waals surface area contributed by atoms with Crippen LogP contribution in [-0.2, 0) is 9.57 Å². The normalized spacial score (nSPS) is 19.7. The molecule has 0 aromatic rings. The highest BCUT2D eigenvalue weighted by atomic mass is 16.6. The molecule has 0 radical (unpaired) electrons. The lowest BCUT2D eigenvalue weighted by Gasteiger charge is -2.40. The zero-order valence-corrected chi connectivity index (χ0v) is 11.4. The van der Waals surface area contributed by atoms with Crippen LogP contribution in [0.25, 0.3) is 0 Å². The van der Waals surface area contributed by atoms with Gasteiger partial charge >= 0.3 is 6.09 Å². The summed E-state index contributed by atoms with van der Waals surface area (Å²) in [5.74, 6) is 5.08. The number of aliphatic hydroxyl groups excluding tert-OH is 1. The van der Waals surface area contributed by atoms with Gasteiger partial charge in [-0.25, -0.2) is 10.7 Å². The van der Waals surface area contributed by atoms with Gasteiger partial charge in [0.15, 0.2) is 0 Å². The van der Waals surface area contributed by atoms with Crippen molar-refractivity contribution in [1.29, 1.82) is 0 Å². The van der Waals surface area contributed by atoms with E-state index < -0.39 is 5.60 Å². The minimum atomic E-state index is -0.483. The molecule has 6 nitrogen and oxygen atoms in total. The van der Waals surface area contributed by atoms with Gasteiger partial charge in [-0.05, 0) is 33.6 Å². The van der Waals surface area contributed by atoms with Crippen LogP contribution in [0.3, 0.4) is 0 Å². The van der Waals surface area contributed by atoms with Crippen LogP contribution in [0, 0.1) is 5.41 Å². The van der Waals surface area contributed by atoms with Crippen molar-refractivity contribution < 1.29 is 19.5 Å². The molecule has 1 heterocycles. The number of hydrogen-bond donors (Lipinski definition) is 2. The Labute approximate surface area is 108 Å². The van der Waals surface area contributed by atoms with Crippen molar-refractivity contribution in [2.75, 3.05) is 26.3 Å². The first-order valence-electron chi connectivity index (χ1n) is 6.22. The summed E-state index contributed by atoms with van der Waals surface area (Å²) in [6, 6.07) is 0. The SMILES string of the molecule is CC(C)(C)OC(=O)N1CCC(CO)(CON)CC1. The van der Waals surface area contributed by atoms with E-state index in [2.05, 4.69) is 4.84 Å². The Hall–Kier alpha value is -0.850. The monoisotopic (exact) mass is 260 g/mol. The summed E-state index contributed by atoms with van der Waals surface area (Å²) in [4.78, 5) is 18.2. The second kappa shape index (κ2) is 5.86. The molecule has 1 aliphatic rings. The highest BCUT2D eigenvalue weighted by Crippen LogP contribution is 2.31. The third-order valence-corrected chi connectivity index (χ3v) is 3.20. The maximum Gasteiger partial charge on any atom is 0.410 e. The first-order valence-corrected chi connectivity index (χ1v) is 6.22. The fourth-order valence-corrected chi connectivity index (χ4v) is 2.01. The zero-order chi connectivity index (χ0) is 13.8. The highest BCUT2D eigenvalue weighted by molar-refractivity contribution is 5.68. The molecule has 0 bridgehead atoms. The van der Waals surface area contributed by atoms with Gasteiger partial charge < -0.3 is 19.6 Å². The van der Waals surface area contributed by atoms with E-state index in [1.165, 1.54) is 0 Å². The first-order chi connectivity index (χ1) is 8.32. The molecule has 0 aliphatic carbocycles. The molecular formula is C12H24N2O4. The molecule has 0 unspecified atom stereocenters. The third kappa shape index (κ3) is 4.12. The largest absolute Gasteiger partial charge is 0.444 e. The van der Waals surface area contributed by atoms with Crippen molar-refractivity contribution in [3.8, 4) is 0 Å². The number of rotatable bonds is 3. The van der Waals surface area contributed by atoms with Crippen LogP contribution < -0.4 is 5.90 Å². The van der Waals surface area contributed by atoms with Gasteiger partial charge in [0.2, 0.25) is 0 Å². The lowest BCUT2D eigenvalue weighted by Crippen LogP contribution is -2.48. The maximum atomic E-state index is 11.9. The molecule has 18 heavy (non-hydrogen) atoms. The van der Waals surface area contributed by atoms with Crippen LogP contribution in [0.2, 0.25) is 0 Å². The average Bonchev–Trinajstić information content (AvgIpc) is 2.28. The summed E-state index contributed by atoms with van der Waals surface area (Å²) in [6.07, 6.45) is 1.03. The minimum absolute atomic E-state index is 0.0202. The first kappa shape index (κ1) is 15.2. The molecule has 1 rings (SSSR count). The van der Waals surface area contributed by atoms with E-state index >= 15 is 0 Å². The predicted molar refractivity (Wildman–Crippen MR) is 66.7 cm³/mol. The lowest BCUT2D eigenvalue weighted by molar-refractivity contribution is -0.0401. The van der Waals surface area contributed by atoms with Crippen LogP contribution in [0.4, 0.5) is 4.79 Å². The second-order valence-corrected chi connectivity index (χ2v) is 5.94. The van der Waals surface area contributed by atoms with E-state index in [0.29, 0.717) is 32.5 Å². The van der Waals surface area contributed by atoms with Gasteiger partial charge in [0.05, 0.1) is 13.2 Å². The van der Waals surface area contributed by atoms with Gasteiger partial charge in [0.25, 0.3) is 0 Å². The van der Waals surface area contributed by atoms with Crippen molar-refractivity contribution in [3.05, 3.63) is 0 Å².